The van der Waals surface area contributed by atoms with Crippen LogP contribution < -0.4 is 0 Å². The van der Waals surface area contributed by atoms with Gasteiger partial charge < -0.3 is 14.7 Å². The highest BCUT2D eigenvalue weighted by molar-refractivity contribution is 5.80. The average Bonchev–Trinajstić information content (AvgIpc) is 2.53. The van der Waals surface area contributed by atoms with Gasteiger partial charge in [0.2, 0.25) is 5.91 Å². The Hall–Kier alpha value is -1.14. The molecule has 128 valence electrons. The first-order valence-electron chi connectivity index (χ1n) is 8.39. The number of aliphatic hydroxyl groups is 1. The molecule has 1 N–H and O–H groups in total. The molecule has 1 aliphatic rings. The zero-order chi connectivity index (χ0) is 16.4. The Bertz CT molecular complexity index is 349. The van der Waals surface area contributed by atoms with E-state index < -0.39 is 0 Å². The van der Waals surface area contributed by atoms with Gasteiger partial charge in [-0.25, -0.2) is 0 Å². The maximum atomic E-state index is 12.4. The molecule has 0 aromatic carbocycles. The number of unbranched alkanes of at least 4 members (excludes halogenated alkanes) is 1. The predicted molar refractivity (Wildman–Crippen MR) is 84.4 cm³/mol. The number of carbonyl (C=O) groups excluding carboxylic acids is 2. The van der Waals surface area contributed by atoms with Gasteiger partial charge in [0.1, 0.15) is 0 Å². The molecule has 1 rings (SSSR count). The molecule has 0 radical (unpaired) electrons. The van der Waals surface area contributed by atoms with Crippen LogP contribution in [-0.4, -0.2) is 72.7 Å². The van der Waals surface area contributed by atoms with E-state index in [1.165, 1.54) is 0 Å². The summed E-state index contributed by atoms with van der Waals surface area (Å²) in [7, 11) is 0. The van der Waals surface area contributed by atoms with Crippen LogP contribution in [0.15, 0.2) is 0 Å². The summed E-state index contributed by atoms with van der Waals surface area (Å²) in [5.74, 6) is -0.351. The van der Waals surface area contributed by atoms with Crippen LogP contribution in [0.3, 0.4) is 0 Å². The molecule has 1 fully saturated rings. The fourth-order valence-corrected chi connectivity index (χ4v) is 2.74. The predicted octanol–water partition coefficient (Wildman–Crippen LogP) is 0.883. The topological polar surface area (TPSA) is 70.1 Å². The van der Waals surface area contributed by atoms with Crippen LogP contribution in [0.2, 0.25) is 0 Å². The summed E-state index contributed by atoms with van der Waals surface area (Å²) in [5, 5.41) is 9.11. The van der Waals surface area contributed by atoms with Crippen molar-refractivity contribution in [2.24, 2.45) is 5.92 Å². The molecular weight excluding hydrogens is 284 g/mol. The standard InChI is InChI=1S/C16H30N2O4/c1-3-5-8-17(10-11-19)13-15(20)18-9-6-7-14(12-18)16(21)22-4-2/h14,19H,3-13H2,1-2H3. The normalized spacial score (nSPS) is 18.5. The smallest absolute Gasteiger partial charge is 0.310 e. The van der Waals surface area contributed by atoms with E-state index in [2.05, 4.69) is 6.92 Å². The third-order valence-corrected chi connectivity index (χ3v) is 4.00. The Labute approximate surface area is 133 Å². The van der Waals surface area contributed by atoms with Crippen LogP contribution in [0.1, 0.15) is 39.5 Å². The Morgan fingerprint density at radius 2 is 2.09 bits per heavy atom. The van der Waals surface area contributed by atoms with Crippen molar-refractivity contribution >= 4 is 11.9 Å². The van der Waals surface area contributed by atoms with E-state index in [1.54, 1.807) is 11.8 Å². The molecule has 1 heterocycles. The lowest BCUT2D eigenvalue weighted by molar-refractivity contribution is -0.151. The molecule has 6 nitrogen and oxygen atoms in total. The first kappa shape index (κ1) is 18.9. The van der Waals surface area contributed by atoms with E-state index in [1.807, 2.05) is 4.90 Å². The number of hydrogen-bond donors (Lipinski definition) is 1. The van der Waals surface area contributed by atoms with Crippen molar-refractivity contribution in [3.8, 4) is 0 Å². The summed E-state index contributed by atoms with van der Waals surface area (Å²) in [6.45, 7) is 7.15. The van der Waals surface area contributed by atoms with E-state index in [0.29, 0.717) is 32.8 Å². The molecule has 0 bridgehead atoms. The molecule has 0 spiro atoms. The second kappa shape index (κ2) is 10.6. The highest BCUT2D eigenvalue weighted by atomic mass is 16.5. The zero-order valence-corrected chi connectivity index (χ0v) is 13.9. The van der Waals surface area contributed by atoms with Gasteiger partial charge in [-0.05, 0) is 32.7 Å². The summed E-state index contributed by atoms with van der Waals surface area (Å²) < 4.78 is 5.06. The molecular formula is C16H30N2O4. The van der Waals surface area contributed by atoms with Crippen molar-refractivity contribution in [1.82, 2.24) is 9.80 Å². The Balaban J connectivity index is 2.50. The SMILES string of the molecule is CCCCN(CCO)CC(=O)N1CCCC(C(=O)OCC)C1. The third-order valence-electron chi connectivity index (χ3n) is 4.00. The Morgan fingerprint density at radius 3 is 2.73 bits per heavy atom. The van der Waals surface area contributed by atoms with E-state index in [4.69, 9.17) is 9.84 Å². The summed E-state index contributed by atoms with van der Waals surface area (Å²) in [5.41, 5.74) is 0. The van der Waals surface area contributed by atoms with Gasteiger partial charge in [0.05, 0.1) is 25.7 Å². The molecule has 0 saturated carbocycles. The van der Waals surface area contributed by atoms with Gasteiger partial charge in [0.15, 0.2) is 0 Å². The fourth-order valence-electron chi connectivity index (χ4n) is 2.74. The number of piperidine rings is 1. The van der Waals surface area contributed by atoms with Crippen LogP contribution in [0.4, 0.5) is 0 Å². The van der Waals surface area contributed by atoms with E-state index in [0.717, 1.165) is 32.2 Å². The van der Waals surface area contributed by atoms with Crippen molar-refractivity contribution in [3.05, 3.63) is 0 Å². The lowest BCUT2D eigenvalue weighted by atomic mass is 9.98. The number of esters is 1. The molecule has 1 amide bonds. The van der Waals surface area contributed by atoms with Gasteiger partial charge in [0.25, 0.3) is 0 Å². The molecule has 1 atom stereocenters. The van der Waals surface area contributed by atoms with Gasteiger partial charge in [-0.1, -0.05) is 13.3 Å². The molecule has 1 unspecified atom stereocenters. The molecule has 0 aromatic heterocycles. The molecule has 0 aromatic rings. The lowest BCUT2D eigenvalue weighted by Gasteiger charge is -2.33. The van der Waals surface area contributed by atoms with Crippen molar-refractivity contribution in [1.29, 1.82) is 0 Å². The van der Waals surface area contributed by atoms with E-state index >= 15 is 0 Å². The highest BCUT2D eigenvalue weighted by Gasteiger charge is 2.29. The fraction of sp³-hybridized carbons (Fsp3) is 0.875. The van der Waals surface area contributed by atoms with Crippen molar-refractivity contribution in [2.75, 3.05) is 45.9 Å². The largest absolute Gasteiger partial charge is 0.466 e. The Kier molecular flexibility index (Phi) is 9.08. The molecule has 6 heteroatoms. The van der Waals surface area contributed by atoms with Gasteiger partial charge in [-0.2, -0.15) is 0 Å². The second-order valence-electron chi connectivity index (χ2n) is 5.78. The zero-order valence-electron chi connectivity index (χ0n) is 13.9. The van der Waals surface area contributed by atoms with Crippen LogP contribution in [-0.2, 0) is 14.3 Å². The molecule has 1 saturated heterocycles. The Morgan fingerprint density at radius 1 is 1.32 bits per heavy atom. The molecule has 1 aliphatic heterocycles. The minimum atomic E-state index is -0.196. The van der Waals surface area contributed by atoms with Gasteiger partial charge >= 0.3 is 5.97 Å². The van der Waals surface area contributed by atoms with E-state index in [-0.39, 0.29) is 24.4 Å². The minimum Gasteiger partial charge on any atom is -0.466 e. The first-order chi connectivity index (χ1) is 10.6. The monoisotopic (exact) mass is 314 g/mol. The van der Waals surface area contributed by atoms with Crippen LogP contribution in [0, 0.1) is 5.92 Å². The van der Waals surface area contributed by atoms with E-state index in [9.17, 15) is 9.59 Å². The minimum absolute atomic E-state index is 0.0403. The third kappa shape index (κ3) is 6.32. The first-order valence-corrected chi connectivity index (χ1v) is 8.39. The lowest BCUT2D eigenvalue weighted by Crippen LogP contribution is -2.47. The maximum Gasteiger partial charge on any atom is 0.310 e. The van der Waals surface area contributed by atoms with Gasteiger partial charge in [0, 0.05) is 19.6 Å². The van der Waals surface area contributed by atoms with Gasteiger partial charge in [-0.15, -0.1) is 0 Å². The summed E-state index contributed by atoms with van der Waals surface area (Å²) in [4.78, 5) is 28.0. The summed E-state index contributed by atoms with van der Waals surface area (Å²) in [6.07, 6.45) is 3.70. The number of likely N-dealkylation sites (tertiary alicyclic amines) is 1. The van der Waals surface area contributed by atoms with Crippen LogP contribution >= 0.6 is 0 Å². The maximum absolute atomic E-state index is 12.4. The van der Waals surface area contributed by atoms with Gasteiger partial charge in [-0.3, -0.25) is 14.5 Å². The molecule has 22 heavy (non-hydrogen) atoms. The number of carbonyl (C=O) groups is 2. The number of hydrogen-bond acceptors (Lipinski definition) is 5. The second-order valence-corrected chi connectivity index (χ2v) is 5.78. The van der Waals surface area contributed by atoms with Crippen LogP contribution in [0.25, 0.3) is 0 Å². The number of ether oxygens (including phenoxy) is 1. The van der Waals surface area contributed by atoms with Crippen molar-refractivity contribution in [3.63, 3.8) is 0 Å². The van der Waals surface area contributed by atoms with Crippen LogP contribution in [0.5, 0.6) is 0 Å². The number of aliphatic hydroxyl groups excluding tert-OH is 1. The summed E-state index contributed by atoms with van der Waals surface area (Å²) in [6, 6.07) is 0. The average molecular weight is 314 g/mol. The number of nitrogens with zero attached hydrogens (tertiary/aromatic N) is 2. The highest BCUT2D eigenvalue weighted by Crippen LogP contribution is 2.18. The molecule has 0 aliphatic carbocycles. The quantitative estimate of drug-likeness (QED) is 0.640. The number of rotatable bonds is 9. The van der Waals surface area contributed by atoms with Crippen molar-refractivity contribution < 1.29 is 19.4 Å². The summed E-state index contributed by atoms with van der Waals surface area (Å²) >= 11 is 0. The van der Waals surface area contributed by atoms with Crippen molar-refractivity contribution in [2.45, 2.75) is 39.5 Å². The number of amides is 1.